The highest BCUT2D eigenvalue weighted by Crippen LogP contribution is 2.37. The minimum absolute atomic E-state index is 0.0501. The lowest BCUT2D eigenvalue weighted by molar-refractivity contribution is -0.0103. The number of sulfonamides is 1. The van der Waals surface area contributed by atoms with Crippen molar-refractivity contribution in [2.24, 2.45) is 0 Å². The van der Waals surface area contributed by atoms with E-state index in [-0.39, 0.29) is 16.5 Å². The normalized spacial score (nSPS) is 17.8. The summed E-state index contributed by atoms with van der Waals surface area (Å²) in [6.45, 7) is 7.34. The van der Waals surface area contributed by atoms with Gasteiger partial charge in [-0.05, 0) is 55.5 Å². The minimum atomic E-state index is -3.98. The van der Waals surface area contributed by atoms with Crippen molar-refractivity contribution in [1.29, 1.82) is 0 Å². The fourth-order valence-electron chi connectivity index (χ4n) is 5.67. The molecule has 4 aromatic rings. The highest BCUT2D eigenvalue weighted by molar-refractivity contribution is 7.92. The molecule has 1 saturated heterocycles. The molecule has 1 fully saturated rings. The Labute approximate surface area is 245 Å². The molecule has 11 heteroatoms. The third-order valence-corrected chi connectivity index (χ3v) is 9.47. The van der Waals surface area contributed by atoms with Gasteiger partial charge in [-0.25, -0.2) is 22.8 Å². The van der Waals surface area contributed by atoms with Crippen LogP contribution in [0.2, 0.25) is 0 Å². The van der Waals surface area contributed by atoms with Crippen LogP contribution in [-0.2, 0) is 14.8 Å². The summed E-state index contributed by atoms with van der Waals surface area (Å²) in [5.41, 5.74) is 10.5. The van der Waals surface area contributed by atoms with Crippen molar-refractivity contribution in [1.82, 2.24) is 19.7 Å². The molecule has 2 aromatic carbocycles. The Bertz CT molecular complexity index is 1800. The Morgan fingerprint density at radius 3 is 2.57 bits per heavy atom. The number of imidazole rings is 1. The molecule has 0 saturated carbocycles. The number of rotatable bonds is 8. The van der Waals surface area contributed by atoms with Gasteiger partial charge in [0.15, 0.2) is 0 Å². The summed E-state index contributed by atoms with van der Waals surface area (Å²) in [5, 5.41) is 3.66. The van der Waals surface area contributed by atoms with E-state index in [0.29, 0.717) is 40.2 Å². The lowest BCUT2D eigenvalue weighted by atomic mass is 9.92. The third kappa shape index (κ3) is 5.28. The van der Waals surface area contributed by atoms with Gasteiger partial charge in [-0.3, -0.25) is 9.12 Å². The number of nitrogens with two attached hydrogens (primary N) is 1. The number of fused-ring (bicyclic) bond motifs is 1. The number of hydrogen-bond acceptors (Lipinski definition) is 7. The van der Waals surface area contributed by atoms with E-state index in [4.69, 9.17) is 15.5 Å². The fourth-order valence-corrected chi connectivity index (χ4v) is 6.98. The summed E-state index contributed by atoms with van der Waals surface area (Å²) >= 11 is 0. The molecule has 0 spiro atoms. The molecule has 220 valence electrons. The molecular weight excluding hydrogens is 555 g/mol. The minimum Gasteiger partial charge on any atom is -0.382 e. The number of nitrogens with one attached hydrogen (secondary N) is 2. The fraction of sp³-hybridized carbons (Fsp3) is 0.355. The summed E-state index contributed by atoms with van der Waals surface area (Å²) in [6.07, 6.45) is 6.83. The van der Waals surface area contributed by atoms with Crippen LogP contribution in [-0.4, -0.2) is 48.1 Å². The van der Waals surface area contributed by atoms with Crippen molar-refractivity contribution >= 4 is 32.6 Å². The number of anilines is 2. The van der Waals surface area contributed by atoms with Crippen molar-refractivity contribution in [3.63, 3.8) is 0 Å². The maximum atomic E-state index is 15.4. The first kappa shape index (κ1) is 28.3. The number of aromatic nitrogens is 3. The van der Waals surface area contributed by atoms with Crippen LogP contribution in [0.1, 0.15) is 56.1 Å². The molecule has 0 radical (unpaired) electrons. The standard InChI is InChI=1S/C31H35FN6O3S/c1-18(2)31-36-28(21-10-13-25(24(32)14-21)37-42(39,40)27-7-5-4-6-19(27)3)29-30(33)34-15-26(38(29)31)20-8-11-22(12-9-20)35-23-16-41-17-23/h4-8,10,13-15,18,22-23,35,37H,9,11-12,16-17H2,1-3H3,(H2,33,34). The molecule has 1 aliphatic carbocycles. The number of nitrogen functional groups attached to an aromatic ring is 1. The zero-order chi connectivity index (χ0) is 29.6. The van der Waals surface area contributed by atoms with Crippen molar-refractivity contribution in [3.05, 3.63) is 77.6 Å². The van der Waals surface area contributed by atoms with Gasteiger partial charge >= 0.3 is 0 Å². The Hall–Kier alpha value is -3.80. The highest BCUT2D eigenvalue weighted by Gasteiger charge is 2.27. The second-order valence-electron chi connectivity index (χ2n) is 11.4. The summed E-state index contributed by atoms with van der Waals surface area (Å²) in [7, 11) is -3.98. The molecule has 1 atom stereocenters. The average molecular weight is 591 g/mol. The van der Waals surface area contributed by atoms with Gasteiger partial charge in [0, 0.05) is 17.5 Å². The largest absolute Gasteiger partial charge is 0.382 e. The number of benzene rings is 2. The van der Waals surface area contributed by atoms with E-state index >= 15 is 4.39 Å². The van der Waals surface area contributed by atoms with Crippen molar-refractivity contribution < 1.29 is 17.5 Å². The van der Waals surface area contributed by atoms with Crippen molar-refractivity contribution in [2.45, 2.75) is 62.9 Å². The van der Waals surface area contributed by atoms with Crippen LogP contribution in [0.5, 0.6) is 0 Å². The number of allylic oxidation sites excluding steroid dienone is 1. The lowest BCUT2D eigenvalue weighted by Gasteiger charge is -2.33. The zero-order valence-electron chi connectivity index (χ0n) is 23.9. The summed E-state index contributed by atoms with van der Waals surface area (Å²) < 4.78 is 51.1. The van der Waals surface area contributed by atoms with Crippen LogP contribution in [0.15, 0.2) is 59.6 Å². The average Bonchev–Trinajstić information content (AvgIpc) is 3.35. The van der Waals surface area contributed by atoms with E-state index in [1.807, 2.05) is 4.40 Å². The molecule has 6 rings (SSSR count). The Balaban J connectivity index is 1.36. The van der Waals surface area contributed by atoms with Crippen molar-refractivity contribution in [3.8, 4) is 11.3 Å². The number of hydrogen-bond donors (Lipinski definition) is 3. The van der Waals surface area contributed by atoms with Crippen LogP contribution < -0.4 is 15.8 Å². The van der Waals surface area contributed by atoms with Gasteiger partial charge in [0.25, 0.3) is 10.0 Å². The van der Waals surface area contributed by atoms with Crippen LogP contribution in [0, 0.1) is 12.7 Å². The van der Waals surface area contributed by atoms with Crippen LogP contribution >= 0.6 is 0 Å². The first-order chi connectivity index (χ1) is 20.1. The monoisotopic (exact) mass is 590 g/mol. The topological polar surface area (TPSA) is 124 Å². The van der Waals surface area contributed by atoms with E-state index in [9.17, 15) is 8.42 Å². The number of halogens is 1. The highest BCUT2D eigenvalue weighted by atomic mass is 32.2. The third-order valence-electron chi connectivity index (χ3n) is 7.95. The van der Waals surface area contributed by atoms with E-state index in [1.54, 1.807) is 37.4 Å². The number of nitrogens with zero attached hydrogens (tertiary/aromatic N) is 3. The van der Waals surface area contributed by atoms with Crippen LogP contribution in [0.3, 0.4) is 0 Å². The molecular formula is C31H35FN6O3S. The predicted molar refractivity (Wildman–Crippen MR) is 162 cm³/mol. The van der Waals surface area contributed by atoms with Gasteiger partial charge in [-0.2, -0.15) is 0 Å². The summed E-state index contributed by atoms with van der Waals surface area (Å²) in [4.78, 5) is 9.55. The van der Waals surface area contributed by atoms with Crippen LogP contribution in [0.4, 0.5) is 15.9 Å². The smallest absolute Gasteiger partial charge is 0.262 e. The van der Waals surface area contributed by atoms with E-state index in [0.717, 1.165) is 44.0 Å². The molecule has 1 aliphatic heterocycles. The second kappa shape index (κ2) is 11.1. The molecule has 4 N–H and O–H groups in total. The Morgan fingerprint density at radius 2 is 1.93 bits per heavy atom. The summed E-state index contributed by atoms with van der Waals surface area (Å²) in [6, 6.07) is 11.8. The van der Waals surface area contributed by atoms with Crippen LogP contribution in [0.25, 0.3) is 22.3 Å². The molecule has 2 aromatic heterocycles. The molecule has 9 nitrogen and oxygen atoms in total. The van der Waals surface area contributed by atoms with Gasteiger partial charge in [-0.15, -0.1) is 0 Å². The predicted octanol–water partition coefficient (Wildman–Crippen LogP) is 5.27. The molecule has 42 heavy (non-hydrogen) atoms. The summed E-state index contributed by atoms with van der Waals surface area (Å²) in [5.74, 6) is 0.416. The Morgan fingerprint density at radius 1 is 1.14 bits per heavy atom. The molecule has 0 amide bonds. The maximum Gasteiger partial charge on any atom is 0.262 e. The van der Waals surface area contributed by atoms with E-state index in [2.05, 4.69) is 34.9 Å². The number of ether oxygens (including phenoxy) is 1. The molecule has 3 heterocycles. The van der Waals surface area contributed by atoms with Gasteiger partial charge < -0.3 is 15.8 Å². The molecule has 1 unspecified atom stereocenters. The lowest BCUT2D eigenvalue weighted by Crippen LogP contribution is -2.50. The van der Waals surface area contributed by atoms with Gasteiger partial charge in [0.05, 0.1) is 41.7 Å². The van der Waals surface area contributed by atoms with Crippen molar-refractivity contribution in [2.75, 3.05) is 23.7 Å². The SMILES string of the molecule is Cc1ccccc1S(=O)(=O)Nc1ccc(-c2nc(C(C)C)n3c(C4=CCC(NC5COC5)CC4)cnc(N)c23)cc1F. The molecule has 2 aliphatic rings. The Kier molecular flexibility index (Phi) is 7.50. The molecule has 0 bridgehead atoms. The quantitative estimate of drug-likeness (QED) is 0.255. The van der Waals surface area contributed by atoms with Gasteiger partial charge in [-0.1, -0.05) is 44.2 Å². The van der Waals surface area contributed by atoms with E-state index < -0.39 is 15.8 Å². The van der Waals surface area contributed by atoms with E-state index in [1.165, 1.54) is 23.8 Å². The first-order valence-corrected chi connectivity index (χ1v) is 15.7. The zero-order valence-corrected chi connectivity index (χ0v) is 24.7. The maximum absolute atomic E-state index is 15.4. The first-order valence-electron chi connectivity index (χ1n) is 14.2. The van der Waals surface area contributed by atoms with Gasteiger partial charge in [0.2, 0.25) is 0 Å². The van der Waals surface area contributed by atoms with Gasteiger partial charge in [0.1, 0.15) is 28.7 Å². The second-order valence-corrected chi connectivity index (χ2v) is 13.0. The number of aryl methyl sites for hydroxylation is 1.